The van der Waals surface area contributed by atoms with Gasteiger partial charge in [0.25, 0.3) is 5.91 Å². The van der Waals surface area contributed by atoms with E-state index in [4.69, 9.17) is 4.74 Å². The van der Waals surface area contributed by atoms with Crippen LogP contribution in [-0.2, 0) is 33.0 Å². The minimum absolute atomic E-state index is 0.0940. The maximum absolute atomic E-state index is 16.0. The molecule has 8 heteroatoms. The lowest BCUT2D eigenvalue weighted by Crippen LogP contribution is -2.45. The molecule has 0 saturated carbocycles. The highest BCUT2D eigenvalue weighted by atomic mass is 127. The molecular weight excluding hydrogens is 634 g/mol. The number of hydrogen-bond acceptors (Lipinski definition) is 4. The van der Waals surface area contributed by atoms with Crippen molar-refractivity contribution >= 4 is 40.1 Å². The third kappa shape index (κ3) is 5.66. The SMILES string of the molecule is C[C@H]1[C@H](C(C)(C)F)[C@@H](CC(=O)N(CCO)Cc2ccccc2)O[C@]12C(=O)N(Cc1cccc(I)c1)c1ccccc12. The smallest absolute Gasteiger partial charge is 0.264 e. The topological polar surface area (TPSA) is 70.1 Å². The Morgan fingerprint density at radius 2 is 1.76 bits per heavy atom. The van der Waals surface area contributed by atoms with Crippen molar-refractivity contribution < 1.29 is 23.8 Å². The quantitative estimate of drug-likeness (QED) is 0.291. The Kier molecular flexibility index (Phi) is 8.55. The van der Waals surface area contributed by atoms with Crippen LogP contribution in [0.5, 0.6) is 0 Å². The van der Waals surface area contributed by atoms with Gasteiger partial charge in [0.2, 0.25) is 5.91 Å². The van der Waals surface area contributed by atoms with E-state index in [1.165, 1.54) is 13.8 Å². The lowest BCUT2D eigenvalue weighted by Gasteiger charge is -2.32. The van der Waals surface area contributed by atoms with Crippen molar-refractivity contribution in [2.24, 2.45) is 11.8 Å². The number of halogens is 2. The second-order valence-corrected chi connectivity index (χ2v) is 12.8. The Bertz CT molecular complexity index is 1410. The van der Waals surface area contributed by atoms with E-state index in [2.05, 4.69) is 22.6 Å². The van der Waals surface area contributed by atoms with Gasteiger partial charge in [0.1, 0.15) is 5.67 Å². The zero-order valence-corrected chi connectivity index (χ0v) is 25.8. The molecule has 41 heavy (non-hydrogen) atoms. The number of fused-ring (bicyclic) bond motifs is 2. The average molecular weight is 671 g/mol. The molecule has 0 radical (unpaired) electrons. The molecule has 0 aromatic heterocycles. The number of alkyl halides is 1. The number of carbonyl (C=O) groups excluding carboxylic acids is 2. The van der Waals surface area contributed by atoms with Gasteiger partial charge in [-0.2, -0.15) is 0 Å². The number of hydrogen-bond donors (Lipinski definition) is 1. The Morgan fingerprint density at radius 1 is 1.07 bits per heavy atom. The van der Waals surface area contributed by atoms with Crippen molar-refractivity contribution in [1.82, 2.24) is 4.90 Å². The van der Waals surface area contributed by atoms with E-state index in [0.717, 1.165) is 20.4 Å². The lowest BCUT2D eigenvalue weighted by atomic mass is 9.71. The van der Waals surface area contributed by atoms with Gasteiger partial charge < -0.3 is 19.6 Å². The second-order valence-electron chi connectivity index (χ2n) is 11.5. The molecule has 3 aromatic carbocycles. The molecule has 1 fully saturated rings. The third-order valence-electron chi connectivity index (χ3n) is 8.41. The average Bonchev–Trinajstić information content (AvgIpc) is 3.36. The first-order chi connectivity index (χ1) is 19.6. The summed E-state index contributed by atoms with van der Waals surface area (Å²) in [5.74, 6) is -1.73. The zero-order chi connectivity index (χ0) is 29.4. The maximum Gasteiger partial charge on any atom is 0.264 e. The van der Waals surface area contributed by atoms with Gasteiger partial charge in [-0.25, -0.2) is 4.39 Å². The van der Waals surface area contributed by atoms with E-state index in [-0.39, 0.29) is 31.4 Å². The molecule has 1 N–H and O–H groups in total. The second kappa shape index (κ2) is 11.8. The highest BCUT2D eigenvalue weighted by Gasteiger charge is 2.66. The highest BCUT2D eigenvalue weighted by molar-refractivity contribution is 14.1. The number of anilines is 1. The minimum Gasteiger partial charge on any atom is -0.395 e. The Labute approximate surface area is 254 Å². The van der Waals surface area contributed by atoms with Crippen LogP contribution in [0.15, 0.2) is 78.9 Å². The standard InChI is InChI=1S/C33H36FIN2O4/c1-22-30(32(2,3)34)28(19-29(39)36(16-17-38)20-23-10-5-4-6-11-23)41-33(22)26-14-7-8-15-27(26)37(31(33)40)21-24-12-9-13-25(35)18-24/h4-15,18,22,28,30,38H,16-17,19-21H2,1-3H3/t22-,28+,30-,33+/m0/s1. The fourth-order valence-corrected chi connectivity index (χ4v) is 7.30. The van der Waals surface area contributed by atoms with Crippen LogP contribution in [-0.4, -0.2) is 46.7 Å². The summed E-state index contributed by atoms with van der Waals surface area (Å²) in [6, 6.07) is 25.1. The van der Waals surface area contributed by atoms with E-state index in [0.29, 0.717) is 18.7 Å². The van der Waals surface area contributed by atoms with Crippen LogP contribution < -0.4 is 4.90 Å². The van der Waals surface area contributed by atoms with Gasteiger partial charge in [0, 0.05) is 34.1 Å². The number of aliphatic hydroxyl groups excluding tert-OH is 1. The van der Waals surface area contributed by atoms with E-state index in [9.17, 15) is 14.7 Å². The first-order valence-corrected chi connectivity index (χ1v) is 15.1. The lowest BCUT2D eigenvalue weighted by molar-refractivity contribution is -0.150. The number of ether oxygens (including phenoxy) is 1. The fraction of sp³-hybridized carbons (Fsp3) is 0.394. The van der Waals surface area contributed by atoms with Crippen LogP contribution in [0.2, 0.25) is 0 Å². The molecule has 2 heterocycles. The fourth-order valence-electron chi connectivity index (χ4n) is 6.69. The normalized spacial score (nSPS) is 23.7. The number of rotatable bonds is 9. The number of nitrogens with zero attached hydrogens (tertiary/aromatic N) is 2. The van der Waals surface area contributed by atoms with E-state index in [1.54, 1.807) is 9.80 Å². The number of carbonyl (C=O) groups is 2. The molecule has 0 bridgehead atoms. The van der Waals surface area contributed by atoms with Crippen molar-refractivity contribution in [3.8, 4) is 0 Å². The van der Waals surface area contributed by atoms with Crippen molar-refractivity contribution in [3.63, 3.8) is 0 Å². The summed E-state index contributed by atoms with van der Waals surface area (Å²) in [6.45, 7) is 5.51. The molecule has 1 saturated heterocycles. The van der Waals surface area contributed by atoms with Crippen LogP contribution >= 0.6 is 22.6 Å². The number of para-hydroxylation sites is 1. The molecule has 6 nitrogen and oxygen atoms in total. The van der Waals surface area contributed by atoms with Crippen molar-refractivity contribution in [2.45, 2.75) is 57.7 Å². The minimum atomic E-state index is -1.71. The molecule has 2 aliphatic rings. The highest BCUT2D eigenvalue weighted by Crippen LogP contribution is 2.58. The van der Waals surface area contributed by atoms with Gasteiger partial charge in [-0.3, -0.25) is 9.59 Å². The number of benzene rings is 3. The molecule has 1 spiro atoms. The predicted molar refractivity (Wildman–Crippen MR) is 165 cm³/mol. The Balaban J connectivity index is 1.48. The third-order valence-corrected chi connectivity index (χ3v) is 9.08. The van der Waals surface area contributed by atoms with E-state index < -0.39 is 29.2 Å². The summed E-state index contributed by atoms with van der Waals surface area (Å²) in [5, 5.41) is 9.69. The largest absolute Gasteiger partial charge is 0.395 e. The monoisotopic (exact) mass is 670 g/mol. The van der Waals surface area contributed by atoms with Gasteiger partial charge in [0.15, 0.2) is 5.60 Å². The van der Waals surface area contributed by atoms with Crippen molar-refractivity contribution in [3.05, 3.63) is 99.1 Å². The van der Waals surface area contributed by atoms with Gasteiger partial charge >= 0.3 is 0 Å². The van der Waals surface area contributed by atoms with Gasteiger partial charge in [-0.15, -0.1) is 0 Å². The molecule has 2 amide bonds. The van der Waals surface area contributed by atoms with Gasteiger partial charge in [0.05, 0.1) is 31.4 Å². The van der Waals surface area contributed by atoms with Gasteiger partial charge in [-0.05, 0) is 65.8 Å². The molecule has 3 aromatic rings. The predicted octanol–water partition coefficient (Wildman–Crippen LogP) is 5.84. The van der Waals surface area contributed by atoms with Crippen LogP contribution in [0, 0.1) is 15.4 Å². The summed E-state index contributed by atoms with van der Waals surface area (Å²) in [7, 11) is 0. The molecule has 4 atom stereocenters. The number of aliphatic hydroxyl groups is 1. The Morgan fingerprint density at radius 3 is 2.44 bits per heavy atom. The van der Waals surface area contributed by atoms with Crippen molar-refractivity contribution in [1.29, 1.82) is 0 Å². The van der Waals surface area contributed by atoms with Crippen molar-refractivity contribution in [2.75, 3.05) is 18.1 Å². The van der Waals surface area contributed by atoms with Crippen LogP contribution in [0.4, 0.5) is 10.1 Å². The maximum atomic E-state index is 16.0. The molecule has 216 valence electrons. The molecule has 0 unspecified atom stereocenters. The Hall–Kier alpha value is -2.82. The summed E-state index contributed by atoms with van der Waals surface area (Å²) in [5.41, 5.74) is 0.254. The zero-order valence-electron chi connectivity index (χ0n) is 23.6. The van der Waals surface area contributed by atoms with E-state index >= 15 is 4.39 Å². The van der Waals surface area contributed by atoms with Crippen LogP contribution in [0.1, 0.15) is 43.9 Å². The van der Waals surface area contributed by atoms with Gasteiger partial charge in [-0.1, -0.05) is 67.6 Å². The van der Waals surface area contributed by atoms with E-state index in [1.807, 2.05) is 85.8 Å². The molecule has 2 aliphatic heterocycles. The summed E-state index contributed by atoms with van der Waals surface area (Å²) in [4.78, 5) is 31.4. The molecule has 0 aliphatic carbocycles. The molecule has 5 rings (SSSR count). The summed E-state index contributed by atoms with van der Waals surface area (Å²) < 4.78 is 23.8. The van der Waals surface area contributed by atoms with Crippen LogP contribution in [0.25, 0.3) is 0 Å². The first-order valence-electron chi connectivity index (χ1n) is 14.0. The number of amides is 2. The summed E-state index contributed by atoms with van der Waals surface area (Å²) >= 11 is 2.25. The first kappa shape index (κ1) is 29.7. The summed E-state index contributed by atoms with van der Waals surface area (Å²) in [6.07, 6.45) is -0.924. The molecular formula is C33H36FIN2O4. The van der Waals surface area contributed by atoms with Crippen LogP contribution in [0.3, 0.4) is 0 Å².